The smallest absolute Gasteiger partial charge is 0.388 e. The van der Waals surface area contributed by atoms with E-state index in [-0.39, 0.29) is 45.5 Å². The molecule has 5 heterocycles. The molecule has 394 valence electrons. The van der Waals surface area contributed by atoms with Crippen molar-refractivity contribution in [3.63, 3.8) is 0 Å². The molecule has 23 heteroatoms. The van der Waals surface area contributed by atoms with Crippen molar-refractivity contribution in [1.29, 1.82) is 0 Å². The number of aromatic nitrogens is 7. The Balaban J connectivity index is 0.000000216. The van der Waals surface area contributed by atoms with Crippen LogP contribution in [-0.2, 0) is 20.0 Å². The minimum atomic E-state index is -4.22. The molecule has 0 fully saturated rings. The van der Waals surface area contributed by atoms with E-state index in [0.29, 0.717) is 28.1 Å². The van der Waals surface area contributed by atoms with E-state index >= 15 is 0 Å². The largest absolute Gasteiger partial charge is 0.806 e. The molecule has 0 aliphatic heterocycles. The molecule has 2 amide bonds. The molecule has 0 atom stereocenters. The van der Waals surface area contributed by atoms with E-state index in [1.807, 2.05) is 92.1 Å². The fourth-order valence-corrected chi connectivity index (χ4v) is 8.70. The molecule has 0 aliphatic rings. The van der Waals surface area contributed by atoms with Gasteiger partial charge in [0.15, 0.2) is 5.03 Å². The first kappa shape index (κ1) is 57.1. The van der Waals surface area contributed by atoms with Crippen LogP contribution in [0.15, 0.2) is 125 Å². The van der Waals surface area contributed by atoms with Gasteiger partial charge in [-0.25, -0.2) is 22.9 Å². The number of nitrogens with one attached hydrogen (secondary N) is 2. The van der Waals surface area contributed by atoms with E-state index in [9.17, 15) is 35.5 Å². The van der Waals surface area contributed by atoms with Crippen LogP contribution in [0.1, 0.15) is 96.0 Å². The number of nitrogens with zero attached hydrogens (tertiary/aromatic N) is 9. The van der Waals surface area contributed by atoms with Gasteiger partial charge in [-0.3, -0.25) is 19.3 Å². The van der Waals surface area contributed by atoms with Gasteiger partial charge in [-0.2, -0.15) is 27.0 Å². The number of carbonyl (C=O) groups is 1. The lowest BCUT2D eigenvalue weighted by Gasteiger charge is -2.19. The maximum atomic E-state index is 14.4. The maximum Gasteiger partial charge on any atom is 0.388 e. The van der Waals surface area contributed by atoms with Crippen molar-refractivity contribution in [2.24, 2.45) is 4.40 Å². The van der Waals surface area contributed by atoms with E-state index in [1.165, 1.54) is 90.1 Å². The lowest BCUT2D eigenvalue weighted by atomic mass is 9.94. The highest BCUT2D eigenvalue weighted by Gasteiger charge is 2.26. The molecule has 7 rings (SSSR count). The molecule has 74 heavy (non-hydrogen) atoms. The Morgan fingerprint density at radius 1 is 0.757 bits per heavy atom. The van der Waals surface area contributed by atoms with E-state index in [1.54, 1.807) is 30.6 Å². The van der Waals surface area contributed by atoms with Crippen molar-refractivity contribution >= 4 is 49.2 Å². The SMILES string of the molecule is CC(C)n1ccc(S(=O)(=O)N=C([O-])[n+]2ccc(N(C)C)cc2)n1.COc1cncc(-c2cc(F)cc(C(C)C)c2NC(=O)NS(=O)(=O)c2ccn(C(C)C)n2)c1.Cc1cncc(-c2cc(F)cc(C(C)C)c2N)c1. The average Bonchev–Trinajstić information content (AvgIpc) is 4.06. The van der Waals surface area contributed by atoms with Gasteiger partial charge in [0, 0.05) is 107 Å². The third kappa shape index (κ3) is 14.7. The van der Waals surface area contributed by atoms with Gasteiger partial charge in [0.05, 0.1) is 31.4 Å². The first-order valence-electron chi connectivity index (χ1n) is 23.2. The molecule has 19 nitrogen and oxygen atoms in total. The summed E-state index contributed by atoms with van der Waals surface area (Å²) in [6.45, 7) is 17.1. The normalized spacial score (nSPS) is 11.8. The quantitative estimate of drug-likeness (QED) is 0.0429. The number of anilines is 3. The van der Waals surface area contributed by atoms with E-state index < -0.39 is 37.9 Å². The van der Waals surface area contributed by atoms with Crippen molar-refractivity contribution in [3.05, 3.63) is 139 Å². The minimum absolute atomic E-state index is 0.0163. The number of pyridine rings is 3. The Morgan fingerprint density at radius 2 is 1.28 bits per heavy atom. The van der Waals surface area contributed by atoms with Crippen LogP contribution in [0.3, 0.4) is 0 Å². The van der Waals surface area contributed by atoms with Crippen molar-refractivity contribution in [2.45, 2.75) is 96.3 Å². The molecule has 2 aromatic carbocycles. The second-order valence-corrected chi connectivity index (χ2v) is 21.4. The third-order valence-corrected chi connectivity index (χ3v) is 13.3. The van der Waals surface area contributed by atoms with Crippen LogP contribution in [0, 0.1) is 18.6 Å². The molecular formula is C51H62F2N12O7S2. The van der Waals surface area contributed by atoms with Gasteiger partial charge in [0.1, 0.15) is 17.4 Å². The number of nitrogen functional groups attached to an aromatic ring is 1. The van der Waals surface area contributed by atoms with Gasteiger partial charge in [-0.15, -0.1) is 0 Å². The zero-order valence-corrected chi connectivity index (χ0v) is 44.9. The zero-order chi connectivity index (χ0) is 54.8. The lowest BCUT2D eigenvalue weighted by molar-refractivity contribution is -0.613. The van der Waals surface area contributed by atoms with Crippen molar-refractivity contribution in [2.75, 3.05) is 37.2 Å². The van der Waals surface area contributed by atoms with Crippen LogP contribution in [0.25, 0.3) is 22.3 Å². The van der Waals surface area contributed by atoms with E-state index in [0.717, 1.165) is 32.5 Å². The van der Waals surface area contributed by atoms with Gasteiger partial charge in [-0.05, 0) is 112 Å². The number of carbonyl (C=O) groups excluding carboxylic acids is 1. The zero-order valence-electron chi connectivity index (χ0n) is 43.2. The Morgan fingerprint density at radius 3 is 1.81 bits per heavy atom. The topological polar surface area (TPSA) is 249 Å². The number of hydrogen-bond donors (Lipinski definition) is 3. The van der Waals surface area contributed by atoms with Crippen molar-refractivity contribution < 1.29 is 44.8 Å². The van der Waals surface area contributed by atoms with Crippen LogP contribution >= 0.6 is 0 Å². The van der Waals surface area contributed by atoms with Gasteiger partial charge >= 0.3 is 16.1 Å². The van der Waals surface area contributed by atoms with E-state index in [2.05, 4.69) is 29.9 Å². The van der Waals surface area contributed by atoms with Gasteiger partial charge in [0.25, 0.3) is 16.0 Å². The summed E-state index contributed by atoms with van der Waals surface area (Å²) in [5.41, 5.74) is 12.7. The third-order valence-electron chi connectivity index (χ3n) is 11.0. The Hall–Kier alpha value is -7.79. The average molecular weight is 1060 g/mol. The summed E-state index contributed by atoms with van der Waals surface area (Å²) in [4.78, 5) is 22.8. The Kier molecular flexibility index (Phi) is 18.7. The molecule has 0 saturated heterocycles. The second kappa shape index (κ2) is 24.3. The summed E-state index contributed by atoms with van der Waals surface area (Å²) in [7, 11) is -3.16. The summed E-state index contributed by atoms with van der Waals surface area (Å²) in [6, 6.07) is 13.2. The number of hydrogen-bond acceptors (Lipinski definition) is 13. The standard InChI is InChI=1S/C22H26FN5O4S.C15H17FN2.C14H19N5O3S/c1-13(2)18-9-16(23)10-19(15-8-17(32-5)12-24-11-15)21(18)25-22(29)27-33(30,31)20-6-7-28(26-20)14(3)4;1-9(2)13-5-12(16)6-14(15(13)17)11-4-10(3)7-18-8-11;1-11(2)19-10-7-13(15-19)23(21,22)16-14(20)18-8-5-12(6-9-18)17(3)4/h6-14H,1-5H3,(H2,25,27,29);4-9H,17H2,1-3H3;5-11H,1-4H3. The highest BCUT2D eigenvalue weighted by molar-refractivity contribution is 7.90. The number of sulfonamides is 2. The second-order valence-electron chi connectivity index (χ2n) is 18.3. The number of nitrogens with two attached hydrogens (primary N) is 1. The van der Waals surface area contributed by atoms with Crippen molar-refractivity contribution in [1.82, 2.24) is 34.3 Å². The van der Waals surface area contributed by atoms with Crippen molar-refractivity contribution in [3.8, 4) is 28.0 Å². The number of rotatable bonds is 13. The lowest BCUT2D eigenvalue weighted by Crippen LogP contribution is -2.51. The molecule has 0 unspecified atom stereocenters. The maximum absolute atomic E-state index is 14.4. The van der Waals surface area contributed by atoms with Gasteiger partial charge in [0.2, 0.25) is 5.03 Å². The first-order valence-corrected chi connectivity index (χ1v) is 26.1. The summed E-state index contributed by atoms with van der Waals surface area (Å²) in [5, 5.41) is 22.0. The van der Waals surface area contributed by atoms with Crippen LogP contribution in [-0.4, -0.2) is 79.6 Å². The van der Waals surface area contributed by atoms with E-state index in [4.69, 9.17) is 10.5 Å². The molecule has 0 saturated carbocycles. The van der Waals surface area contributed by atoms with Gasteiger partial charge in [-0.1, -0.05) is 27.7 Å². The number of aryl methyl sites for hydroxylation is 1. The minimum Gasteiger partial charge on any atom is -0.806 e. The Labute approximate surface area is 430 Å². The predicted molar refractivity (Wildman–Crippen MR) is 279 cm³/mol. The summed E-state index contributed by atoms with van der Waals surface area (Å²) < 4.78 is 92.2. The molecule has 4 N–H and O–H groups in total. The number of ether oxygens (including phenoxy) is 1. The van der Waals surface area contributed by atoms with Crippen LogP contribution in [0.5, 0.6) is 5.75 Å². The molecule has 0 radical (unpaired) electrons. The summed E-state index contributed by atoms with van der Waals surface area (Å²) in [5.74, 6) is -0.302. The summed E-state index contributed by atoms with van der Waals surface area (Å²) in [6.07, 6.45) is 12.4. The molecule has 7 aromatic rings. The van der Waals surface area contributed by atoms with Gasteiger partial charge < -0.3 is 25.8 Å². The number of amides is 2. The van der Waals surface area contributed by atoms with Crippen LogP contribution in [0.2, 0.25) is 0 Å². The Bertz CT molecular complexity index is 3340. The molecular weight excluding hydrogens is 995 g/mol. The molecule has 5 aromatic heterocycles. The molecule has 0 spiro atoms. The predicted octanol–water partition coefficient (Wildman–Crippen LogP) is 7.98. The monoisotopic (exact) mass is 1060 g/mol. The highest BCUT2D eigenvalue weighted by atomic mass is 32.2. The summed E-state index contributed by atoms with van der Waals surface area (Å²) >= 11 is 0. The fraction of sp³-hybridized carbons (Fsp3) is 0.314. The molecule has 0 bridgehead atoms. The number of methoxy groups -OCH3 is 1. The number of halogens is 2. The molecule has 0 aliphatic carbocycles. The number of urea groups is 1. The van der Waals surface area contributed by atoms with Crippen LogP contribution in [0.4, 0.5) is 30.6 Å². The van der Waals surface area contributed by atoms with Crippen LogP contribution < -0.4 is 35.1 Å². The number of benzene rings is 2. The highest BCUT2D eigenvalue weighted by Crippen LogP contribution is 2.37. The fourth-order valence-electron chi connectivity index (χ4n) is 7.04. The first-order chi connectivity index (χ1) is 34.7.